The van der Waals surface area contributed by atoms with E-state index in [4.69, 9.17) is 4.74 Å². The smallest absolute Gasteiger partial charge is 0.407 e. The molecule has 2 rings (SSSR count). The van der Waals surface area contributed by atoms with Crippen LogP contribution in [-0.2, 0) is 11.2 Å². The lowest BCUT2D eigenvalue weighted by Crippen LogP contribution is -2.34. The molecule has 0 radical (unpaired) electrons. The first kappa shape index (κ1) is 13.6. The van der Waals surface area contributed by atoms with Crippen molar-refractivity contribution in [2.24, 2.45) is 0 Å². The number of hydrogen-bond donors (Lipinski definition) is 2. The molecule has 5 nitrogen and oxygen atoms in total. The Balaban J connectivity index is 1.95. The van der Waals surface area contributed by atoms with Gasteiger partial charge in [-0.2, -0.15) is 0 Å². The molecule has 1 atom stereocenters. The second-order valence-corrected chi connectivity index (χ2v) is 5.85. The van der Waals surface area contributed by atoms with E-state index in [-0.39, 0.29) is 11.3 Å². The number of alkyl carbamates (subject to hydrolysis) is 1. The lowest BCUT2D eigenvalue weighted by atomic mass is 10.1. The monoisotopic (exact) mass is 264 g/mol. The Morgan fingerprint density at radius 1 is 1.53 bits per heavy atom. The molecule has 0 aliphatic heterocycles. The number of carbonyl (C=O) groups excluding carboxylic acids is 1. The van der Waals surface area contributed by atoms with Crippen molar-refractivity contribution in [3.05, 3.63) is 33.7 Å². The summed E-state index contributed by atoms with van der Waals surface area (Å²) in [6.45, 7) is 5.97. The fourth-order valence-corrected chi connectivity index (χ4v) is 2.34. The van der Waals surface area contributed by atoms with Gasteiger partial charge in [-0.25, -0.2) is 4.79 Å². The van der Waals surface area contributed by atoms with E-state index >= 15 is 0 Å². The molecule has 1 aromatic rings. The van der Waals surface area contributed by atoms with Crippen LogP contribution in [0.15, 0.2) is 17.1 Å². The number of nitrogens with one attached hydrogen (secondary N) is 2. The third-order valence-corrected chi connectivity index (χ3v) is 3.14. The van der Waals surface area contributed by atoms with Crippen LogP contribution in [0.3, 0.4) is 0 Å². The van der Waals surface area contributed by atoms with E-state index in [0.717, 1.165) is 24.1 Å². The molecule has 1 unspecified atom stereocenters. The van der Waals surface area contributed by atoms with Gasteiger partial charge in [0.25, 0.3) is 0 Å². The highest BCUT2D eigenvalue weighted by molar-refractivity contribution is 5.67. The zero-order chi connectivity index (χ0) is 14.0. The number of ether oxygens (including phenoxy) is 1. The van der Waals surface area contributed by atoms with Crippen molar-refractivity contribution in [1.29, 1.82) is 0 Å². The van der Waals surface area contributed by atoms with Crippen molar-refractivity contribution in [2.75, 3.05) is 6.54 Å². The second-order valence-electron chi connectivity index (χ2n) is 5.85. The highest BCUT2D eigenvalue weighted by Gasteiger charge is 2.26. The molecule has 0 bridgehead atoms. The predicted octanol–water partition coefficient (Wildman–Crippen LogP) is 1.93. The maximum Gasteiger partial charge on any atom is 0.407 e. The summed E-state index contributed by atoms with van der Waals surface area (Å²) >= 11 is 0. The van der Waals surface area contributed by atoms with Crippen LogP contribution in [-0.4, -0.2) is 23.2 Å². The average Bonchev–Trinajstić information content (AvgIpc) is 2.69. The Morgan fingerprint density at radius 3 is 2.95 bits per heavy atom. The third kappa shape index (κ3) is 3.36. The van der Waals surface area contributed by atoms with Crippen LogP contribution in [0.1, 0.15) is 44.4 Å². The van der Waals surface area contributed by atoms with E-state index in [9.17, 15) is 9.59 Å². The normalized spacial score (nSPS) is 17.9. The SMILES string of the molecule is CC(C)(C)OC(=O)NCC1CCc2c1[nH]ccc2=O. The van der Waals surface area contributed by atoms with Gasteiger partial charge >= 0.3 is 6.09 Å². The van der Waals surface area contributed by atoms with Crippen molar-refractivity contribution in [3.63, 3.8) is 0 Å². The molecule has 5 heteroatoms. The highest BCUT2D eigenvalue weighted by Crippen LogP contribution is 2.28. The fourth-order valence-electron chi connectivity index (χ4n) is 2.34. The lowest BCUT2D eigenvalue weighted by molar-refractivity contribution is 0.0524. The van der Waals surface area contributed by atoms with Gasteiger partial charge in [0.2, 0.25) is 0 Å². The van der Waals surface area contributed by atoms with Gasteiger partial charge < -0.3 is 15.0 Å². The average molecular weight is 264 g/mol. The quantitative estimate of drug-likeness (QED) is 0.857. The molecule has 1 aliphatic rings. The number of H-pyrrole nitrogens is 1. The molecule has 1 heterocycles. The molecule has 0 fully saturated rings. The van der Waals surface area contributed by atoms with Gasteiger partial charge in [-0.1, -0.05) is 0 Å². The predicted molar refractivity (Wildman–Crippen MR) is 72.4 cm³/mol. The van der Waals surface area contributed by atoms with Crippen LogP contribution < -0.4 is 10.7 Å². The Hall–Kier alpha value is -1.78. The molecular weight excluding hydrogens is 244 g/mol. The van der Waals surface area contributed by atoms with Gasteiger partial charge in [-0.15, -0.1) is 0 Å². The Morgan fingerprint density at radius 2 is 2.26 bits per heavy atom. The molecule has 2 N–H and O–H groups in total. The zero-order valence-corrected chi connectivity index (χ0v) is 11.6. The van der Waals surface area contributed by atoms with E-state index < -0.39 is 11.7 Å². The minimum Gasteiger partial charge on any atom is -0.444 e. The van der Waals surface area contributed by atoms with Crippen molar-refractivity contribution in [1.82, 2.24) is 10.3 Å². The molecule has 0 spiro atoms. The van der Waals surface area contributed by atoms with Crippen LogP contribution in [0, 0.1) is 0 Å². The number of aromatic amines is 1. The van der Waals surface area contributed by atoms with Crippen LogP contribution in [0.25, 0.3) is 0 Å². The maximum absolute atomic E-state index is 11.7. The first-order chi connectivity index (χ1) is 8.87. The number of rotatable bonds is 2. The van der Waals surface area contributed by atoms with Crippen molar-refractivity contribution < 1.29 is 9.53 Å². The van der Waals surface area contributed by atoms with Crippen LogP contribution in [0.5, 0.6) is 0 Å². The molecule has 104 valence electrons. The van der Waals surface area contributed by atoms with Gasteiger partial charge in [-0.3, -0.25) is 4.79 Å². The summed E-state index contributed by atoms with van der Waals surface area (Å²) in [7, 11) is 0. The number of pyridine rings is 1. The summed E-state index contributed by atoms with van der Waals surface area (Å²) in [5.41, 5.74) is 1.38. The largest absolute Gasteiger partial charge is 0.444 e. The van der Waals surface area contributed by atoms with Gasteiger partial charge in [0.05, 0.1) is 0 Å². The van der Waals surface area contributed by atoms with Crippen LogP contribution in [0.4, 0.5) is 4.79 Å². The number of aromatic nitrogens is 1. The molecule has 0 aromatic carbocycles. The highest BCUT2D eigenvalue weighted by atomic mass is 16.6. The number of hydrogen-bond acceptors (Lipinski definition) is 3. The molecule has 1 aliphatic carbocycles. The Bertz CT molecular complexity index is 528. The summed E-state index contributed by atoms with van der Waals surface area (Å²) in [4.78, 5) is 26.4. The summed E-state index contributed by atoms with van der Waals surface area (Å²) in [6, 6.07) is 1.54. The molecule has 0 saturated heterocycles. The van der Waals surface area contributed by atoms with Crippen molar-refractivity contribution in [3.8, 4) is 0 Å². The molecule has 1 amide bonds. The maximum atomic E-state index is 11.7. The van der Waals surface area contributed by atoms with Crippen LogP contribution >= 0.6 is 0 Å². The molecule has 1 aromatic heterocycles. The van der Waals surface area contributed by atoms with E-state index in [1.54, 1.807) is 12.3 Å². The molecular formula is C14H20N2O3. The first-order valence-electron chi connectivity index (χ1n) is 6.54. The minimum absolute atomic E-state index is 0.0773. The summed E-state index contributed by atoms with van der Waals surface area (Å²) in [5.74, 6) is 0.163. The standard InChI is InChI=1S/C14H20N2O3/c1-14(2,3)19-13(18)16-8-9-4-5-10-11(17)6-7-15-12(9)10/h6-7,9H,4-5,8H2,1-3H3,(H,15,17)(H,16,18). The van der Waals surface area contributed by atoms with Crippen molar-refractivity contribution in [2.45, 2.75) is 45.1 Å². The summed E-state index contributed by atoms with van der Waals surface area (Å²) in [5, 5.41) is 2.76. The molecule has 19 heavy (non-hydrogen) atoms. The fraction of sp³-hybridized carbons (Fsp3) is 0.571. The Kier molecular flexibility index (Phi) is 3.64. The van der Waals surface area contributed by atoms with E-state index in [1.807, 2.05) is 20.8 Å². The van der Waals surface area contributed by atoms with Crippen molar-refractivity contribution >= 4 is 6.09 Å². The summed E-state index contributed by atoms with van der Waals surface area (Å²) in [6.07, 6.45) is 2.89. The number of carbonyl (C=O) groups is 1. The van der Waals surface area contributed by atoms with Gasteiger partial charge in [0, 0.05) is 36.0 Å². The van der Waals surface area contributed by atoms with E-state index in [2.05, 4.69) is 10.3 Å². The van der Waals surface area contributed by atoms with Crippen LogP contribution in [0.2, 0.25) is 0 Å². The second kappa shape index (κ2) is 5.07. The van der Waals surface area contributed by atoms with Gasteiger partial charge in [0.1, 0.15) is 5.60 Å². The van der Waals surface area contributed by atoms with Gasteiger partial charge in [-0.05, 0) is 33.6 Å². The first-order valence-corrected chi connectivity index (χ1v) is 6.54. The minimum atomic E-state index is -0.494. The van der Waals surface area contributed by atoms with Gasteiger partial charge in [0.15, 0.2) is 5.43 Å². The summed E-state index contributed by atoms with van der Waals surface area (Å²) < 4.78 is 5.19. The molecule has 0 saturated carbocycles. The van der Waals surface area contributed by atoms with E-state index in [1.165, 1.54) is 0 Å². The topological polar surface area (TPSA) is 71.2 Å². The van der Waals surface area contributed by atoms with E-state index in [0.29, 0.717) is 6.54 Å². The third-order valence-electron chi connectivity index (χ3n) is 3.14. The Labute approximate surface area is 112 Å². The number of amides is 1. The zero-order valence-electron chi connectivity index (χ0n) is 11.6. The number of fused-ring (bicyclic) bond motifs is 1. The lowest BCUT2D eigenvalue weighted by Gasteiger charge is -2.20.